The van der Waals surface area contributed by atoms with Gasteiger partial charge in [-0.05, 0) is 38.8 Å². The third kappa shape index (κ3) is 3.97. The lowest BCUT2D eigenvalue weighted by Crippen LogP contribution is -2.44. The van der Waals surface area contributed by atoms with Crippen LogP contribution in [0.2, 0.25) is 5.02 Å². The number of piperidine rings is 1. The average Bonchev–Trinajstić information content (AvgIpc) is 2.46. The number of rotatable bonds is 3. The van der Waals surface area contributed by atoms with Gasteiger partial charge in [0.15, 0.2) is 0 Å². The number of nitrogens with one attached hydrogen (secondary N) is 1. The summed E-state index contributed by atoms with van der Waals surface area (Å²) in [4.78, 5) is 26.2. The lowest BCUT2D eigenvalue weighted by molar-refractivity contribution is -0.126. The van der Waals surface area contributed by atoms with Gasteiger partial charge in [0.1, 0.15) is 0 Å². The van der Waals surface area contributed by atoms with E-state index in [1.807, 2.05) is 26.0 Å². The second kappa shape index (κ2) is 6.94. The number of carbonyl (C=O) groups is 2. The van der Waals surface area contributed by atoms with Crippen molar-refractivity contribution in [1.29, 1.82) is 0 Å². The van der Waals surface area contributed by atoms with E-state index in [9.17, 15) is 9.59 Å². The first-order chi connectivity index (χ1) is 9.99. The van der Waals surface area contributed by atoms with Crippen LogP contribution in [-0.4, -0.2) is 35.8 Å². The maximum Gasteiger partial charge on any atom is 0.255 e. The molecule has 114 valence electrons. The van der Waals surface area contributed by atoms with E-state index in [-0.39, 0.29) is 23.8 Å². The fraction of sp³-hybridized carbons (Fsp3) is 0.500. The summed E-state index contributed by atoms with van der Waals surface area (Å²) in [5.74, 6) is 0.0425. The van der Waals surface area contributed by atoms with Crippen molar-refractivity contribution < 1.29 is 9.59 Å². The second-order valence-electron chi connectivity index (χ2n) is 5.71. The topological polar surface area (TPSA) is 49.4 Å². The normalized spacial score (nSPS) is 16.1. The van der Waals surface area contributed by atoms with E-state index in [0.717, 1.165) is 0 Å². The van der Waals surface area contributed by atoms with Crippen LogP contribution in [0.25, 0.3) is 0 Å². The molecule has 0 spiro atoms. The molecule has 0 unspecified atom stereocenters. The highest BCUT2D eigenvalue weighted by molar-refractivity contribution is 6.33. The summed E-state index contributed by atoms with van der Waals surface area (Å²) in [6.45, 7) is 5.10. The fourth-order valence-corrected chi connectivity index (χ4v) is 2.77. The molecule has 0 radical (unpaired) electrons. The molecule has 21 heavy (non-hydrogen) atoms. The maximum atomic E-state index is 12.4. The first-order valence-corrected chi connectivity index (χ1v) is 7.71. The van der Waals surface area contributed by atoms with Crippen molar-refractivity contribution >= 4 is 23.4 Å². The molecule has 0 aromatic heterocycles. The number of nitrogens with zero attached hydrogens (tertiary/aromatic N) is 1. The molecule has 4 nitrogen and oxygen atoms in total. The molecule has 0 atom stereocenters. The first kappa shape index (κ1) is 15.8. The van der Waals surface area contributed by atoms with E-state index >= 15 is 0 Å². The van der Waals surface area contributed by atoms with E-state index in [1.165, 1.54) is 0 Å². The Balaban J connectivity index is 1.94. The van der Waals surface area contributed by atoms with Crippen molar-refractivity contribution in [2.24, 2.45) is 5.92 Å². The molecule has 0 aliphatic carbocycles. The molecule has 0 saturated carbocycles. The number of amides is 2. The van der Waals surface area contributed by atoms with Crippen LogP contribution in [0.15, 0.2) is 24.3 Å². The van der Waals surface area contributed by atoms with Crippen LogP contribution >= 0.6 is 11.6 Å². The molecule has 1 aromatic carbocycles. The van der Waals surface area contributed by atoms with Crippen molar-refractivity contribution in [3.8, 4) is 0 Å². The minimum atomic E-state index is -0.0525. The highest BCUT2D eigenvalue weighted by atomic mass is 35.5. The maximum absolute atomic E-state index is 12.4. The lowest BCUT2D eigenvalue weighted by Gasteiger charge is -2.32. The summed E-state index contributed by atoms with van der Waals surface area (Å²) in [5.41, 5.74) is 0.532. The van der Waals surface area contributed by atoms with Gasteiger partial charge in [-0.3, -0.25) is 9.59 Å². The summed E-state index contributed by atoms with van der Waals surface area (Å²) < 4.78 is 0. The van der Waals surface area contributed by atoms with E-state index in [2.05, 4.69) is 5.32 Å². The standard InChI is InChI=1S/C16H21ClN2O2/c1-11(2)18-15(20)12-7-9-19(10-8-12)16(21)13-5-3-4-6-14(13)17/h3-6,11-12H,7-10H2,1-2H3,(H,18,20). The molecular formula is C16H21ClN2O2. The van der Waals surface area contributed by atoms with Crippen LogP contribution < -0.4 is 5.32 Å². The fourth-order valence-electron chi connectivity index (χ4n) is 2.55. The molecule has 2 amide bonds. The van der Waals surface area contributed by atoms with E-state index in [1.54, 1.807) is 17.0 Å². The van der Waals surface area contributed by atoms with Crippen LogP contribution in [0.5, 0.6) is 0 Å². The van der Waals surface area contributed by atoms with Crippen molar-refractivity contribution in [1.82, 2.24) is 10.2 Å². The monoisotopic (exact) mass is 308 g/mol. The molecule has 1 saturated heterocycles. The predicted octanol–water partition coefficient (Wildman–Crippen LogP) is 2.72. The molecule has 1 heterocycles. The smallest absolute Gasteiger partial charge is 0.255 e. The third-order valence-corrected chi connectivity index (χ3v) is 4.02. The summed E-state index contributed by atoms with van der Waals surface area (Å²) in [6.07, 6.45) is 1.41. The summed E-state index contributed by atoms with van der Waals surface area (Å²) in [6, 6.07) is 7.23. The predicted molar refractivity (Wildman–Crippen MR) is 83.4 cm³/mol. The largest absolute Gasteiger partial charge is 0.354 e. The Labute approximate surface area is 130 Å². The average molecular weight is 309 g/mol. The van der Waals surface area contributed by atoms with Gasteiger partial charge in [0, 0.05) is 25.0 Å². The van der Waals surface area contributed by atoms with Crippen molar-refractivity contribution in [2.45, 2.75) is 32.7 Å². The van der Waals surface area contributed by atoms with Crippen LogP contribution in [0.4, 0.5) is 0 Å². The van der Waals surface area contributed by atoms with Gasteiger partial charge in [0.05, 0.1) is 10.6 Å². The number of benzene rings is 1. The Morgan fingerprint density at radius 1 is 1.24 bits per heavy atom. The highest BCUT2D eigenvalue weighted by Gasteiger charge is 2.28. The molecule has 1 fully saturated rings. The van der Waals surface area contributed by atoms with Crippen molar-refractivity contribution in [3.63, 3.8) is 0 Å². The van der Waals surface area contributed by atoms with Gasteiger partial charge in [-0.1, -0.05) is 23.7 Å². The van der Waals surface area contributed by atoms with E-state index in [4.69, 9.17) is 11.6 Å². The first-order valence-electron chi connectivity index (χ1n) is 7.33. The number of hydrogen-bond donors (Lipinski definition) is 1. The SMILES string of the molecule is CC(C)NC(=O)C1CCN(C(=O)c2ccccc2Cl)CC1. The number of hydrogen-bond acceptors (Lipinski definition) is 2. The molecular weight excluding hydrogens is 288 g/mol. The van der Waals surface area contributed by atoms with Crippen molar-refractivity contribution in [2.75, 3.05) is 13.1 Å². The zero-order chi connectivity index (χ0) is 15.4. The minimum Gasteiger partial charge on any atom is -0.354 e. The van der Waals surface area contributed by atoms with Gasteiger partial charge in [-0.15, -0.1) is 0 Å². The Morgan fingerprint density at radius 2 is 1.86 bits per heavy atom. The Kier molecular flexibility index (Phi) is 5.23. The Bertz CT molecular complexity index is 523. The third-order valence-electron chi connectivity index (χ3n) is 3.69. The number of carbonyl (C=O) groups excluding carboxylic acids is 2. The van der Waals surface area contributed by atoms with Gasteiger partial charge >= 0.3 is 0 Å². The summed E-state index contributed by atoms with van der Waals surface area (Å²) >= 11 is 6.06. The van der Waals surface area contributed by atoms with Gasteiger partial charge in [0.25, 0.3) is 5.91 Å². The number of halogens is 1. The molecule has 1 aliphatic rings. The second-order valence-corrected chi connectivity index (χ2v) is 6.12. The zero-order valence-corrected chi connectivity index (χ0v) is 13.2. The van der Waals surface area contributed by atoms with Gasteiger partial charge < -0.3 is 10.2 Å². The zero-order valence-electron chi connectivity index (χ0n) is 12.4. The van der Waals surface area contributed by atoms with Crippen LogP contribution in [0.3, 0.4) is 0 Å². The molecule has 2 rings (SSSR count). The quantitative estimate of drug-likeness (QED) is 0.933. The molecule has 1 N–H and O–H groups in total. The van der Waals surface area contributed by atoms with E-state index in [0.29, 0.717) is 36.5 Å². The minimum absolute atomic E-state index is 0.00250. The Morgan fingerprint density at radius 3 is 2.43 bits per heavy atom. The summed E-state index contributed by atoms with van der Waals surface area (Å²) in [5, 5.41) is 3.41. The molecule has 1 aromatic rings. The van der Waals surface area contributed by atoms with Crippen LogP contribution in [-0.2, 0) is 4.79 Å². The molecule has 5 heteroatoms. The highest BCUT2D eigenvalue weighted by Crippen LogP contribution is 2.22. The van der Waals surface area contributed by atoms with Gasteiger partial charge in [0.2, 0.25) is 5.91 Å². The van der Waals surface area contributed by atoms with E-state index < -0.39 is 0 Å². The number of likely N-dealkylation sites (tertiary alicyclic amines) is 1. The van der Waals surface area contributed by atoms with Crippen molar-refractivity contribution in [3.05, 3.63) is 34.9 Å². The van der Waals surface area contributed by atoms with Crippen LogP contribution in [0, 0.1) is 5.92 Å². The lowest BCUT2D eigenvalue weighted by atomic mass is 9.95. The molecule has 1 aliphatic heterocycles. The Hall–Kier alpha value is -1.55. The molecule has 0 bridgehead atoms. The van der Waals surface area contributed by atoms with Gasteiger partial charge in [-0.2, -0.15) is 0 Å². The van der Waals surface area contributed by atoms with Crippen LogP contribution in [0.1, 0.15) is 37.0 Å². The van der Waals surface area contributed by atoms with Gasteiger partial charge in [-0.25, -0.2) is 0 Å². The summed E-state index contributed by atoms with van der Waals surface area (Å²) in [7, 11) is 0.